The lowest BCUT2D eigenvalue weighted by molar-refractivity contribution is 0.296. The first-order chi connectivity index (χ1) is 9.63. The van der Waals surface area contributed by atoms with Gasteiger partial charge in [0.2, 0.25) is 0 Å². The molecule has 1 atom stereocenters. The second-order valence-corrected chi connectivity index (χ2v) is 4.59. The SMILES string of the molecule is CCC(C)n1ccc(COc2ccc(C#N)c(F)c2)n1. The lowest BCUT2D eigenvalue weighted by Gasteiger charge is -2.08. The largest absolute Gasteiger partial charge is 0.487 e. The van der Waals surface area contributed by atoms with Gasteiger partial charge in [0.1, 0.15) is 24.2 Å². The van der Waals surface area contributed by atoms with Crippen LogP contribution in [0.3, 0.4) is 0 Å². The molecule has 0 aliphatic carbocycles. The second kappa shape index (κ2) is 6.20. The molecule has 20 heavy (non-hydrogen) atoms. The van der Waals surface area contributed by atoms with Crippen molar-refractivity contribution in [3.8, 4) is 11.8 Å². The number of nitrogens with zero attached hydrogens (tertiary/aromatic N) is 3. The maximum atomic E-state index is 13.4. The van der Waals surface area contributed by atoms with Crippen molar-refractivity contribution in [2.75, 3.05) is 0 Å². The molecule has 1 aromatic heterocycles. The summed E-state index contributed by atoms with van der Waals surface area (Å²) >= 11 is 0. The molecule has 0 bridgehead atoms. The first kappa shape index (κ1) is 14.1. The minimum Gasteiger partial charge on any atom is -0.487 e. The molecule has 1 aromatic carbocycles. The fraction of sp³-hybridized carbons (Fsp3) is 0.333. The highest BCUT2D eigenvalue weighted by atomic mass is 19.1. The summed E-state index contributed by atoms with van der Waals surface area (Å²) in [5.41, 5.74) is 0.800. The molecule has 104 valence electrons. The summed E-state index contributed by atoms with van der Waals surface area (Å²) in [6.07, 6.45) is 2.91. The molecule has 0 aliphatic heterocycles. The van der Waals surface area contributed by atoms with Gasteiger partial charge in [-0.2, -0.15) is 10.4 Å². The van der Waals surface area contributed by atoms with Crippen LogP contribution in [0.4, 0.5) is 4.39 Å². The van der Waals surface area contributed by atoms with E-state index in [2.05, 4.69) is 18.9 Å². The maximum absolute atomic E-state index is 13.4. The zero-order chi connectivity index (χ0) is 14.5. The number of hydrogen-bond donors (Lipinski definition) is 0. The normalized spacial score (nSPS) is 11.9. The summed E-state index contributed by atoms with van der Waals surface area (Å²) < 4.78 is 20.8. The number of nitriles is 1. The first-order valence-corrected chi connectivity index (χ1v) is 6.50. The van der Waals surface area contributed by atoms with Gasteiger partial charge in [0, 0.05) is 18.3 Å². The minimum atomic E-state index is -0.574. The molecule has 1 unspecified atom stereocenters. The van der Waals surface area contributed by atoms with Crippen LogP contribution in [0.1, 0.15) is 37.6 Å². The van der Waals surface area contributed by atoms with E-state index in [1.54, 1.807) is 12.1 Å². The monoisotopic (exact) mass is 273 g/mol. The summed E-state index contributed by atoms with van der Waals surface area (Å²) in [4.78, 5) is 0. The van der Waals surface area contributed by atoms with Gasteiger partial charge >= 0.3 is 0 Å². The molecule has 2 rings (SSSR count). The van der Waals surface area contributed by atoms with Gasteiger partial charge in [0.05, 0.1) is 11.3 Å². The van der Waals surface area contributed by atoms with Gasteiger partial charge in [-0.05, 0) is 31.5 Å². The van der Waals surface area contributed by atoms with Gasteiger partial charge in [-0.25, -0.2) is 4.39 Å². The molecular weight excluding hydrogens is 257 g/mol. The quantitative estimate of drug-likeness (QED) is 0.838. The Morgan fingerprint density at radius 3 is 2.90 bits per heavy atom. The highest BCUT2D eigenvalue weighted by Gasteiger charge is 2.07. The Kier molecular flexibility index (Phi) is 4.36. The van der Waals surface area contributed by atoms with Gasteiger partial charge in [0.15, 0.2) is 0 Å². The molecule has 0 fully saturated rings. The van der Waals surface area contributed by atoms with Crippen LogP contribution in [0.15, 0.2) is 30.5 Å². The molecule has 0 amide bonds. The molecule has 1 heterocycles. The fourth-order valence-electron chi connectivity index (χ4n) is 1.72. The van der Waals surface area contributed by atoms with Crippen molar-refractivity contribution < 1.29 is 9.13 Å². The summed E-state index contributed by atoms with van der Waals surface area (Å²) in [6, 6.07) is 8.19. The third-order valence-corrected chi connectivity index (χ3v) is 3.15. The van der Waals surface area contributed by atoms with Crippen LogP contribution in [0.5, 0.6) is 5.75 Å². The average molecular weight is 273 g/mol. The Morgan fingerprint density at radius 1 is 1.45 bits per heavy atom. The topological polar surface area (TPSA) is 50.8 Å². The fourth-order valence-corrected chi connectivity index (χ4v) is 1.72. The predicted molar refractivity (Wildman–Crippen MR) is 72.7 cm³/mol. The van der Waals surface area contributed by atoms with Crippen LogP contribution in [0, 0.1) is 17.1 Å². The van der Waals surface area contributed by atoms with Crippen LogP contribution in [0.25, 0.3) is 0 Å². The van der Waals surface area contributed by atoms with Crippen LogP contribution in [-0.2, 0) is 6.61 Å². The van der Waals surface area contributed by atoms with E-state index >= 15 is 0 Å². The summed E-state index contributed by atoms with van der Waals surface area (Å²) in [6.45, 7) is 4.46. The summed E-state index contributed by atoms with van der Waals surface area (Å²) in [7, 11) is 0. The molecular formula is C15H16FN3O. The smallest absolute Gasteiger partial charge is 0.144 e. The summed E-state index contributed by atoms with van der Waals surface area (Å²) in [5, 5.41) is 13.0. The van der Waals surface area contributed by atoms with Crippen molar-refractivity contribution >= 4 is 0 Å². The van der Waals surface area contributed by atoms with Crippen molar-refractivity contribution in [3.63, 3.8) is 0 Å². The van der Waals surface area contributed by atoms with Crippen molar-refractivity contribution in [1.82, 2.24) is 9.78 Å². The zero-order valence-electron chi connectivity index (χ0n) is 11.5. The van der Waals surface area contributed by atoms with Crippen molar-refractivity contribution in [1.29, 1.82) is 5.26 Å². The molecule has 5 heteroatoms. The van der Waals surface area contributed by atoms with Crippen molar-refractivity contribution in [3.05, 3.63) is 47.5 Å². The number of aromatic nitrogens is 2. The molecule has 0 saturated carbocycles. The number of benzene rings is 1. The maximum Gasteiger partial charge on any atom is 0.144 e. The molecule has 0 aliphatic rings. The predicted octanol–water partition coefficient (Wildman–Crippen LogP) is 3.44. The molecule has 0 spiro atoms. The highest BCUT2D eigenvalue weighted by molar-refractivity contribution is 5.36. The Labute approximate surface area is 117 Å². The Balaban J connectivity index is 2.00. The molecule has 2 aromatic rings. The van der Waals surface area contributed by atoms with Gasteiger partial charge < -0.3 is 4.74 Å². The lowest BCUT2D eigenvalue weighted by atomic mass is 10.2. The van der Waals surface area contributed by atoms with E-state index in [-0.39, 0.29) is 12.2 Å². The van der Waals surface area contributed by atoms with Crippen LogP contribution < -0.4 is 4.74 Å². The highest BCUT2D eigenvalue weighted by Crippen LogP contribution is 2.17. The van der Waals surface area contributed by atoms with Crippen molar-refractivity contribution in [2.24, 2.45) is 0 Å². The Bertz CT molecular complexity index is 630. The lowest BCUT2D eigenvalue weighted by Crippen LogP contribution is -2.05. The first-order valence-electron chi connectivity index (χ1n) is 6.50. The third kappa shape index (κ3) is 3.15. The van der Waals surface area contributed by atoms with Crippen LogP contribution in [0.2, 0.25) is 0 Å². The minimum absolute atomic E-state index is 0.0124. The number of ether oxygens (including phenoxy) is 1. The van der Waals surface area contributed by atoms with E-state index in [1.807, 2.05) is 16.9 Å². The van der Waals surface area contributed by atoms with E-state index in [4.69, 9.17) is 10.00 Å². The van der Waals surface area contributed by atoms with Gasteiger partial charge in [-0.1, -0.05) is 6.92 Å². The molecule has 0 saturated heterocycles. The van der Waals surface area contributed by atoms with Gasteiger partial charge in [-0.3, -0.25) is 4.68 Å². The third-order valence-electron chi connectivity index (χ3n) is 3.15. The van der Waals surface area contributed by atoms with E-state index in [0.29, 0.717) is 11.8 Å². The standard InChI is InChI=1S/C15H16FN3O/c1-3-11(2)19-7-6-13(18-19)10-20-14-5-4-12(9-17)15(16)8-14/h4-8,11H,3,10H2,1-2H3. The Hall–Kier alpha value is -2.35. The van der Waals surface area contributed by atoms with E-state index in [0.717, 1.165) is 12.1 Å². The van der Waals surface area contributed by atoms with Crippen molar-refractivity contribution in [2.45, 2.75) is 32.9 Å². The molecule has 0 radical (unpaired) electrons. The number of hydrogen-bond acceptors (Lipinski definition) is 3. The van der Waals surface area contributed by atoms with Crippen LogP contribution in [-0.4, -0.2) is 9.78 Å². The zero-order valence-corrected chi connectivity index (χ0v) is 11.5. The van der Waals surface area contributed by atoms with E-state index in [1.165, 1.54) is 12.1 Å². The Morgan fingerprint density at radius 2 is 2.25 bits per heavy atom. The van der Waals surface area contributed by atoms with E-state index < -0.39 is 5.82 Å². The van der Waals surface area contributed by atoms with Gasteiger partial charge in [0.25, 0.3) is 0 Å². The number of halogens is 1. The number of rotatable bonds is 5. The second-order valence-electron chi connectivity index (χ2n) is 4.59. The van der Waals surface area contributed by atoms with Gasteiger partial charge in [-0.15, -0.1) is 0 Å². The molecule has 4 nitrogen and oxygen atoms in total. The van der Waals surface area contributed by atoms with Crippen LogP contribution >= 0.6 is 0 Å². The molecule has 0 N–H and O–H groups in total. The average Bonchev–Trinajstić information content (AvgIpc) is 2.93. The van der Waals surface area contributed by atoms with E-state index in [9.17, 15) is 4.39 Å². The summed E-state index contributed by atoms with van der Waals surface area (Å²) in [5.74, 6) is -0.185.